The van der Waals surface area contributed by atoms with Gasteiger partial charge in [0, 0.05) is 11.1 Å². The van der Waals surface area contributed by atoms with E-state index in [9.17, 15) is 9.18 Å². The highest BCUT2D eigenvalue weighted by Gasteiger charge is 2.25. The van der Waals surface area contributed by atoms with Gasteiger partial charge in [0.15, 0.2) is 5.78 Å². The van der Waals surface area contributed by atoms with Crippen LogP contribution in [0.3, 0.4) is 0 Å². The topological polar surface area (TPSA) is 17.1 Å². The van der Waals surface area contributed by atoms with Crippen LogP contribution >= 0.6 is 11.3 Å². The summed E-state index contributed by atoms with van der Waals surface area (Å²) in [4.78, 5) is 12.6. The largest absolute Gasteiger partial charge is 0.293 e. The van der Waals surface area contributed by atoms with Crippen molar-refractivity contribution in [1.29, 1.82) is 0 Å². The second-order valence-electron chi connectivity index (χ2n) is 4.36. The van der Waals surface area contributed by atoms with Crippen LogP contribution in [0, 0.1) is 11.7 Å². The fourth-order valence-corrected chi connectivity index (χ4v) is 2.83. The van der Waals surface area contributed by atoms with Gasteiger partial charge in [-0.3, -0.25) is 4.79 Å². The number of thiophene rings is 1. The summed E-state index contributed by atoms with van der Waals surface area (Å²) in [7, 11) is 0. The summed E-state index contributed by atoms with van der Waals surface area (Å²) in [6, 6.07) is 6.48. The monoisotopic (exact) mass is 234 g/mol. The molecule has 1 heterocycles. The van der Waals surface area contributed by atoms with Gasteiger partial charge in [-0.1, -0.05) is 0 Å². The van der Waals surface area contributed by atoms with Crippen molar-refractivity contribution >= 4 is 27.2 Å². The van der Waals surface area contributed by atoms with Gasteiger partial charge >= 0.3 is 0 Å². The summed E-state index contributed by atoms with van der Waals surface area (Å²) in [6.07, 6.45) is 3.03. The first-order valence-electron chi connectivity index (χ1n) is 5.45. The average molecular weight is 234 g/mol. The van der Waals surface area contributed by atoms with E-state index in [-0.39, 0.29) is 11.6 Å². The number of carbonyl (C=O) groups is 1. The van der Waals surface area contributed by atoms with E-state index >= 15 is 0 Å². The molecule has 0 spiro atoms. The molecule has 1 aliphatic carbocycles. The van der Waals surface area contributed by atoms with Crippen LogP contribution in [-0.2, 0) is 0 Å². The maximum Gasteiger partial charge on any atom is 0.173 e. The van der Waals surface area contributed by atoms with E-state index in [1.54, 1.807) is 6.07 Å². The number of carbonyl (C=O) groups excluding carboxylic acids is 1. The summed E-state index contributed by atoms with van der Waals surface area (Å²) < 4.78 is 14.0. The third-order valence-electron chi connectivity index (χ3n) is 2.92. The number of fused-ring (bicyclic) bond motifs is 1. The van der Waals surface area contributed by atoms with Crippen LogP contribution in [0.25, 0.3) is 10.1 Å². The second kappa shape index (κ2) is 3.67. The van der Waals surface area contributed by atoms with E-state index in [4.69, 9.17) is 0 Å². The Labute approximate surface area is 96.9 Å². The predicted octanol–water partition coefficient (Wildman–Crippen LogP) is 4.02. The molecule has 0 saturated heterocycles. The van der Waals surface area contributed by atoms with Crippen LogP contribution < -0.4 is 0 Å². The molecule has 0 N–H and O–H groups in total. The minimum absolute atomic E-state index is 0.212. The van der Waals surface area contributed by atoms with E-state index in [2.05, 4.69) is 0 Å². The van der Waals surface area contributed by atoms with Crippen molar-refractivity contribution in [3.8, 4) is 0 Å². The minimum atomic E-state index is -0.244. The van der Waals surface area contributed by atoms with Gasteiger partial charge in [-0.25, -0.2) is 4.39 Å². The first-order valence-corrected chi connectivity index (χ1v) is 6.26. The molecule has 3 heteroatoms. The number of Topliss-reactive ketones (excluding diaryl/α,β-unsaturated/α-hetero) is 1. The molecule has 1 aromatic heterocycles. The number of ketones is 1. The highest BCUT2D eigenvalue weighted by atomic mass is 32.1. The van der Waals surface area contributed by atoms with Crippen LogP contribution in [0.2, 0.25) is 0 Å². The van der Waals surface area contributed by atoms with E-state index in [1.807, 2.05) is 6.07 Å². The molecule has 1 aromatic carbocycles. The van der Waals surface area contributed by atoms with Crippen molar-refractivity contribution in [3.63, 3.8) is 0 Å². The molecule has 0 amide bonds. The molecule has 1 fully saturated rings. The molecule has 0 atom stereocenters. The molecule has 0 aliphatic heterocycles. The zero-order valence-corrected chi connectivity index (χ0v) is 9.52. The van der Waals surface area contributed by atoms with Crippen LogP contribution in [0.4, 0.5) is 4.39 Å². The van der Waals surface area contributed by atoms with Gasteiger partial charge in [0.1, 0.15) is 5.82 Å². The Morgan fingerprint density at radius 1 is 1.38 bits per heavy atom. The Bertz CT molecular complexity index is 554. The summed E-state index contributed by atoms with van der Waals surface area (Å²) in [6.45, 7) is 0. The lowest BCUT2D eigenvalue weighted by atomic mass is 10.1. The highest BCUT2D eigenvalue weighted by Crippen LogP contribution is 2.35. The molecule has 1 saturated carbocycles. The Kier molecular flexibility index (Phi) is 2.28. The zero-order valence-electron chi connectivity index (χ0n) is 8.70. The van der Waals surface area contributed by atoms with E-state index < -0.39 is 0 Å². The normalized spacial score (nSPS) is 15.6. The van der Waals surface area contributed by atoms with E-state index in [0.717, 1.165) is 15.0 Å². The zero-order chi connectivity index (χ0) is 11.1. The minimum Gasteiger partial charge on any atom is -0.293 e. The SMILES string of the molecule is O=C(CC1CC1)c1cc2cc(F)ccc2s1. The lowest BCUT2D eigenvalue weighted by Gasteiger charge is -1.92. The Morgan fingerprint density at radius 3 is 2.94 bits per heavy atom. The molecular formula is C13H11FOS. The maximum absolute atomic E-state index is 13.0. The van der Waals surface area contributed by atoms with Crippen LogP contribution in [0.1, 0.15) is 28.9 Å². The van der Waals surface area contributed by atoms with E-state index in [1.165, 1.54) is 36.3 Å². The number of rotatable bonds is 3. The van der Waals surface area contributed by atoms with E-state index in [0.29, 0.717) is 12.3 Å². The molecule has 0 bridgehead atoms. The second-order valence-corrected chi connectivity index (χ2v) is 5.45. The van der Waals surface area contributed by atoms with Gasteiger partial charge in [0.25, 0.3) is 0 Å². The molecule has 82 valence electrons. The van der Waals surface area contributed by atoms with Crippen molar-refractivity contribution in [1.82, 2.24) is 0 Å². The number of hydrogen-bond donors (Lipinski definition) is 0. The molecule has 1 aliphatic rings. The summed E-state index contributed by atoms with van der Waals surface area (Å²) in [5.41, 5.74) is 0. The van der Waals surface area contributed by atoms with Crippen LogP contribution in [0.5, 0.6) is 0 Å². The maximum atomic E-state index is 13.0. The highest BCUT2D eigenvalue weighted by molar-refractivity contribution is 7.20. The van der Waals surface area contributed by atoms with Gasteiger partial charge in [0.05, 0.1) is 4.88 Å². The van der Waals surface area contributed by atoms with Gasteiger partial charge in [-0.2, -0.15) is 0 Å². The first-order chi connectivity index (χ1) is 7.72. The quantitative estimate of drug-likeness (QED) is 0.733. The van der Waals surface area contributed by atoms with Crippen molar-refractivity contribution < 1.29 is 9.18 Å². The fourth-order valence-electron chi connectivity index (χ4n) is 1.84. The third kappa shape index (κ3) is 1.87. The smallest absolute Gasteiger partial charge is 0.173 e. The van der Waals surface area contributed by atoms with Crippen molar-refractivity contribution in [2.24, 2.45) is 5.92 Å². The third-order valence-corrected chi connectivity index (χ3v) is 4.08. The van der Waals surface area contributed by atoms with Crippen molar-refractivity contribution in [2.75, 3.05) is 0 Å². The predicted molar refractivity (Wildman–Crippen MR) is 63.5 cm³/mol. The van der Waals surface area contributed by atoms with Gasteiger partial charge in [0.2, 0.25) is 0 Å². The van der Waals surface area contributed by atoms with Gasteiger partial charge in [-0.15, -0.1) is 11.3 Å². The molecule has 2 aromatic rings. The summed E-state index contributed by atoms with van der Waals surface area (Å²) in [5.74, 6) is 0.574. The molecule has 0 radical (unpaired) electrons. The Balaban J connectivity index is 1.94. The number of hydrogen-bond acceptors (Lipinski definition) is 2. The van der Waals surface area contributed by atoms with Crippen molar-refractivity contribution in [3.05, 3.63) is 35.0 Å². The van der Waals surface area contributed by atoms with Crippen LogP contribution in [0.15, 0.2) is 24.3 Å². The van der Waals surface area contributed by atoms with Gasteiger partial charge < -0.3 is 0 Å². The molecule has 16 heavy (non-hydrogen) atoms. The first kappa shape index (κ1) is 9.97. The molecule has 3 rings (SSSR count). The molecule has 0 unspecified atom stereocenters. The number of benzene rings is 1. The Hall–Kier alpha value is -1.22. The molecular weight excluding hydrogens is 223 g/mol. The number of halogens is 1. The van der Waals surface area contributed by atoms with Gasteiger partial charge in [-0.05, 0) is 48.4 Å². The summed E-state index contributed by atoms with van der Waals surface area (Å²) >= 11 is 1.47. The lowest BCUT2D eigenvalue weighted by Crippen LogP contribution is -1.96. The standard InChI is InChI=1S/C13H11FOS/c14-10-3-4-12-9(6-10)7-13(16-12)11(15)5-8-1-2-8/h3-4,6-8H,1-2,5H2. The lowest BCUT2D eigenvalue weighted by molar-refractivity contribution is 0.0980. The summed E-state index contributed by atoms with van der Waals surface area (Å²) in [5, 5.41) is 0.837. The average Bonchev–Trinajstić information content (AvgIpc) is 2.95. The molecule has 1 nitrogen and oxygen atoms in total. The Morgan fingerprint density at radius 2 is 2.19 bits per heavy atom. The fraction of sp³-hybridized carbons (Fsp3) is 0.308. The van der Waals surface area contributed by atoms with Crippen molar-refractivity contribution in [2.45, 2.75) is 19.3 Å². The van der Waals surface area contributed by atoms with Crippen LogP contribution in [-0.4, -0.2) is 5.78 Å².